The molecule has 0 spiro atoms. The maximum Gasteiger partial charge on any atom is 0.147 e. The summed E-state index contributed by atoms with van der Waals surface area (Å²) in [5.74, 6) is -0.647. The summed E-state index contributed by atoms with van der Waals surface area (Å²) in [7, 11) is 0. The van der Waals surface area contributed by atoms with Gasteiger partial charge in [-0.2, -0.15) is 5.26 Å². The van der Waals surface area contributed by atoms with Gasteiger partial charge in [-0.25, -0.2) is 8.78 Å². The maximum absolute atomic E-state index is 13.7. The number of rotatable bonds is 3. The van der Waals surface area contributed by atoms with E-state index in [-0.39, 0.29) is 23.6 Å². The second-order valence-electron chi connectivity index (χ2n) is 4.09. The molecule has 2 aromatic rings. The van der Waals surface area contributed by atoms with Crippen LogP contribution in [0.25, 0.3) is 0 Å². The highest BCUT2D eigenvalue weighted by atomic mass is 19.1. The summed E-state index contributed by atoms with van der Waals surface area (Å²) in [6, 6.07) is 10.7. The highest BCUT2D eigenvalue weighted by Gasteiger charge is 2.08. The molecule has 0 fully saturated rings. The fourth-order valence-electron chi connectivity index (χ4n) is 1.60. The molecule has 0 N–H and O–H groups in total. The molecular weight excluding hydrogens is 248 g/mol. The minimum absolute atomic E-state index is 0.0313. The van der Waals surface area contributed by atoms with Gasteiger partial charge in [0.05, 0.1) is 5.56 Å². The molecule has 2 nitrogen and oxygen atoms in total. The van der Waals surface area contributed by atoms with Crippen molar-refractivity contribution in [2.45, 2.75) is 13.5 Å². The van der Waals surface area contributed by atoms with Crippen molar-refractivity contribution in [3.05, 3.63) is 64.7 Å². The highest BCUT2D eigenvalue weighted by Crippen LogP contribution is 2.19. The molecule has 0 atom stereocenters. The average molecular weight is 259 g/mol. The molecule has 0 aromatic heterocycles. The van der Waals surface area contributed by atoms with E-state index in [1.54, 1.807) is 31.2 Å². The fraction of sp³-hybridized carbons (Fsp3) is 0.133. The Labute approximate surface area is 109 Å². The molecule has 0 unspecified atom stereocenters. The molecule has 4 heteroatoms. The van der Waals surface area contributed by atoms with Gasteiger partial charge < -0.3 is 4.74 Å². The molecule has 0 aliphatic carbocycles. The Morgan fingerprint density at radius 2 is 2.00 bits per heavy atom. The first-order chi connectivity index (χ1) is 9.11. The lowest BCUT2D eigenvalue weighted by Crippen LogP contribution is -2.00. The van der Waals surface area contributed by atoms with E-state index >= 15 is 0 Å². The lowest BCUT2D eigenvalue weighted by atomic mass is 10.1. The number of halogens is 2. The van der Waals surface area contributed by atoms with Crippen LogP contribution in [0.3, 0.4) is 0 Å². The van der Waals surface area contributed by atoms with Gasteiger partial charge in [-0.3, -0.25) is 0 Å². The third kappa shape index (κ3) is 2.89. The standard InChI is InChI=1S/C15H11F2NO/c1-10-5-6-13(7-14(10)16)19-9-12-4-2-3-11(8-18)15(12)17/h2-7H,9H2,1H3. The molecule has 19 heavy (non-hydrogen) atoms. The third-order valence-electron chi connectivity index (χ3n) is 2.74. The summed E-state index contributed by atoms with van der Waals surface area (Å²) in [5.41, 5.74) is 0.751. The van der Waals surface area contributed by atoms with Gasteiger partial charge in [-0.15, -0.1) is 0 Å². The summed E-state index contributed by atoms with van der Waals surface area (Å²) < 4.78 is 32.4. The number of benzene rings is 2. The van der Waals surface area contributed by atoms with E-state index < -0.39 is 5.82 Å². The van der Waals surface area contributed by atoms with Gasteiger partial charge in [0.1, 0.15) is 30.1 Å². The smallest absolute Gasteiger partial charge is 0.147 e. The molecule has 96 valence electrons. The van der Waals surface area contributed by atoms with Crippen molar-refractivity contribution in [3.8, 4) is 11.8 Å². The molecule has 0 aliphatic heterocycles. The van der Waals surface area contributed by atoms with E-state index in [2.05, 4.69) is 0 Å². The van der Waals surface area contributed by atoms with E-state index in [0.29, 0.717) is 11.3 Å². The molecular formula is C15H11F2NO. The molecule has 0 saturated heterocycles. The molecule has 0 saturated carbocycles. The van der Waals surface area contributed by atoms with Crippen molar-refractivity contribution in [1.82, 2.24) is 0 Å². The summed E-state index contributed by atoms with van der Waals surface area (Å²) in [5, 5.41) is 8.71. The van der Waals surface area contributed by atoms with Crippen LogP contribution >= 0.6 is 0 Å². The molecule has 0 amide bonds. The molecule has 0 aliphatic rings. The zero-order chi connectivity index (χ0) is 13.8. The summed E-state index contributed by atoms with van der Waals surface area (Å²) in [6.45, 7) is 1.60. The fourth-order valence-corrected chi connectivity index (χ4v) is 1.60. The maximum atomic E-state index is 13.7. The van der Waals surface area contributed by atoms with E-state index in [1.807, 2.05) is 0 Å². The van der Waals surface area contributed by atoms with Crippen LogP contribution in [0.4, 0.5) is 8.78 Å². The van der Waals surface area contributed by atoms with Gasteiger partial charge in [-0.1, -0.05) is 18.2 Å². The second-order valence-corrected chi connectivity index (χ2v) is 4.09. The first-order valence-corrected chi connectivity index (χ1v) is 5.68. The van der Waals surface area contributed by atoms with Crippen molar-refractivity contribution in [3.63, 3.8) is 0 Å². The first kappa shape index (κ1) is 13.0. The van der Waals surface area contributed by atoms with E-state index in [1.165, 1.54) is 18.2 Å². The van der Waals surface area contributed by atoms with Gasteiger partial charge in [0, 0.05) is 11.6 Å². The Morgan fingerprint density at radius 3 is 2.68 bits per heavy atom. The van der Waals surface area contributed by atoms with E-state index in [4.69, 9.17) is 10.00 Å². The summed E-state index contributed by atoms with van der Waals surface area (Å²) in [6.07, 6.45) is 0. The van der Waals surface area contributed by atoms with Crippen LogP contribution in [-0.4, -0.2) is 0 Å². The molecule has 2 aromatic carbocycles. The topological polar surface area (TPSA) is 33.0 Å². The Hall–Kier alpha value is -2.41. The number of nitriles is 1. The molecule has 2 rings (SSSR count). The normalized spacial score (nSPS) is 10.0. The monoisotopic (exact) mass is 259 g/mol. The average Bonchev–Trinajstić information content (AvgIpc) is 2.41. The van der Waals surface area contributed by atoms with Crippen molar-refractivity contribution in [2.24, 2.45) is 0 Å². The van der Waals surface area contributed by atoms with Crippen LogP contribution in [0.5, 0.6) is 5.75 Å². The van der Waals surface area contributed by atoms with E-state index in [9.17, 15) is 8.78 Å². The largest absolute Gasteiger partial charge is 0.489 e. The van der Waals surface area contributed by atoms with Crippen LogP contribution in [0, 0.1) is 29.9 Å². The van der Waals surface area contributed by atoms with Crippen molar-refractivity contribution < 1.29 is 13.5 Å². The number of nitrogens with zero attached hydrogens (tertiary/aromatic N) is 1. The lowest BCUT2D eigenvalue weighted by Gasteiger charge is -2.08. The minimum Gasteiger partial charge on any atom is -0.489 e. The van der Waals surface area contributed by atoms with Crippen molar-refractivity contribution in [2.75, 3.05) is 0 Å². The van der Waals surface area contributed by atoms with Crippen LogP contribution in [-0.2, 0) is 6.61 Å². The minimum atomic E-state index is -0.599. The number of ether oxygens (including phenoxy) is 1. The molecule has 0 radical (unpaired) electrons. The predicted molar refractivity (Wildman–Crippen MR) is 66.6 cm³/mol. The Bertz CT molecular complexity index is 647. The molecule has 0 heterocycles. The zero-order valence-electron chi connectivity index (χ0n) is 10.3. The Kier molecular flexibility index (Phi) is 3.76. The number of hydrogen-bond donors (Lipinski definition) is 0. The predicted octanol–water partition coefficient (Wildman–Crippen LogP) is 3.72. The first-order valence-electron chi connectivity index (χ1n) is 5.68. The summed E-state index contributed by atoms with van der Waals surface area (Å²) >= 11 is 0. The quantitative estimate of drug-likeness (QED) is 0.841. The van der Waals surface area contributed by atoms with Gasteiger partial charge in [-0.05, 0) is 24.6 Å². The second kappa shape index (κ2) is 5.49. The lowest BCUT2D eigenvalue weighted by molar-refractivity contribution is 0.298. The Balaban J connectivity index is 2.15. The van der Waals surface area contributed by atoms with Crippen LogP contribution in [0.1, 0.15) is 16.7 Å². The molecule has 0 bridgehead atoms. The third-order valence-corrected chi connectivity index (χ3v) is 2.74. The van der Waals surface area contributed by atoms with Crippen LogP contribution < -0.4 is 4.74 Å². The van der Waals surface area contributed by atoms with Crippen molar-refractivity contribution >= 4 is 0 Å². The number of aryl methyl sites for hydroxylation is 1. The SMILES string of the molecule is Cc1ccc(OCc2cccc(C#N)c2F)cc1F. The van der Waals surface area contributed by atoms with Crippen LogP contribution in [0.2, 0.25) is 0 Å². The number of hydrogen-bond acceptors (Lipinski definition) is 2. The Morgan fingerprint density at radius 1 is 1.21 bits per heavy atom. The summed E-state index contributed by atoms with van der Waals surface area (Å²) in [4.78, 5) is 0. The van der Waals surface area contributed by atoms with Gasteiger partial charge in [0.2, 0.25) is 0 Å². The van der Waals surface area contributed by atoms with Crippen LogP contribution in [0.15, 0.2) is 36.4 Å². The van der Waals surface area contributed by atoms with E-state index in [0.717, 1.165) is 0 Å². The van der Waals surface area contributed by atoms with Crippen molar-refractivity contribution in [1.29, 1.82) is 5.26 Å². The zero-order valence-corrected chi connectivity index (χ0v) is 10.3. The van der Waals surface area contributed by atoms with Gasteiger partial charge in [0.15, 0.2) is 0 Å². The van der Waals surface area contributed by atoms with Gasteiger partial charge >= 0.3 is 0 Å². The van der Waals surface area contributed by atoms with Gasteiger partial charge in [0.25, 0.3) is 0 Å². The highest BCUT2D eigenvalue weighted by molar-refractivity contribution is 5.35.